The van der Waals surface area contributed by atoms with Crippen molar-refractivity contribution in [3.05, 3.63) is 36.2 Å². The number of ether oxygens (including phenoxy) is 1. The minimum atomic E-state index is -4.55. The normalized spacial score (nSPS) is 21.4. The monoisotopic (exact) mass is 432 g/mol. The average Bonchev–Trinajstić information content (AvgIpc) is 3.30. The molecule has 8 nitrogen and oxygen atoms in total. The van der Waals surface area contributed by atoms with Crippen LogP contribution in [-0.4, -0.2) is 38.4 Å². The smallest absolute Gasteiger partial charge is 0.421 e. The van der Waals surface area contributed by atoms with Gasteiger partial charge < -0.3 is 15.4 Å². The van der Waals surface area contributed by atoms with Gasteiger partial charge in [0.05, 0.1) is 24.0 Å². The summed E-state index contributed by atoms with van der Waals surface area (Å²) in [7, 11) is 0. The van der Waals surface area contributed by atoms with Gasteiger partial charge in [0.1, 0.15) is 11.4 Å². The van der Waals surface area contributed by atoms with Crippen molar-refractivity contribution in [1.29, 1.82) is 0 Å². The molecule has 1 saturated carbocycles. The zero-order valence-corrected chi connectivity index (χ0v) is 16.5. The first-order chi connectivity index (χ1) is 14.8. The Kier molecular flexibility index (Phi) is 4.31. The van der Waals surface area contributed by atoms with E-state index in [0.29, 0.717) is 29.6 Å². The topological polar surface area (TPSA) is 94.0 Å². The molecular weight excluding hydrogens is 413 g/mol. The van der Waals surface area contributed by atoms with Crippen molar-refractivity contribution in [3.8, 4) is 0 Å². The maximum absolute atomic E-state index is 13.3. The van der Waals surface area contributed by atoms with Gasteiger partial charge in [-0.2, -0.15) is 23.3 Å². The Morgan fingerprint density at radius 2 is 2.06 bits per heavy atom. The molecule has 1 aromatic carbocycles. The first-order valence-electron chi connectivity index (χ1n) is 9.88. The van der Waals surface area contributed by atoms with E-state index in [4.69, 9.17) is 4.74 Å². The van der Waals surface area contributed by atoms with Gasteiger partial charge in [-0.25, -0.2) is 14.5 Å². The van der Waals surface area contributed by atoms with Gasteiger partial charge in [-0.1, -0.05) is 6.07 Å². The van der Waals surface area contributed by atoms with E-state index in [9.17, 15) is 18.0 Å². The second-order valence-corrected chi connectivity index (χ2v) is 7.95. The Morgan fingerprint density at radius 3 is 2.74 bits per heavy atom. The molecular formula is C20H19F3N6O2. The van der Waals surface area contributed by atoms with Crippen molar-refractivity contribution in [2.45, 2.75) is 43.9 Å². The van der Waals surface area contributed by atoms with Gasteiger partial charge >= 0.3 is 12.1 Å². The van der Waals surface area contributed by atoms with Crippen LogP contribution in [0.4, 0.5) is 30.6 Å². The number of aromatic nitrogens is 4. The van der Waals surface area contributed by atoms with Gasteiger partial charge in [0.15, 0.2) is 5.54 Å². The molecule has 2 aromatic heterocycles. The maximum Gasteiger partial charge on any atom is 0.421 e. The summed E-state index contributed by atoms with van der Waals surface area (Å²) in [5.74, 6) is -0.558. The summed E-state index contributed by atoms with van der Waals surface area (Å²) in [4.78, 5) is 20.2. The number of carbonyl (C=O) groups is 1. The summed E-state index contributed by atoms with van der Waals surface area (Å²) in [6, 6.07) is 5.33. The van der Waals surface area contributed by atoms with Crippen molar-refractivity contribution < 1.29 is 22.7 Å². The number of anilines is 3. The van der Waals surface area contributed by atoms with Crippen molar-refractivity contribution in [2.75, 3.05) is 17.2 Å². The number of benzene rings is 1. The van der Waals surface area contributed by atoms with Crippen LogP contribution in [0.25, 0.3) is 10.9 Å². The minimum absolute atomic E-state index is 0.00238. The number of fused-ring (bicyclic) bond motifs is 1. The van der Waals surface area contributed by atoms with Crippen molar-refractivity contribution in [3.63, 3.8) is 0 Å². The Hall–Kier alpha value is -3.37. The summed E-state index contributed by atoms with van der Waals surface area (Å²) < 4.78 is 46.7. The quantitative estimate of drug-likeness (QED) is 0.592. The highest BCUT2D eigenvalue weighted by Gasteiger charge is 2.43. The lowest BCUT2D eigenvalue weighted by molar-refractivity contribution is -0.145. The molecule has 5 rings (SSSR count). The van der Waals surface area contributed by atoms with Crippen molar-refractivity contribution >= 4 is 34.3 Å². The van der Waals surface area contributed by atoms with Crippen LogP contribution in [0.15, 0.2) is 30.6 Å². The molecule has 3 heterocycles. The SMILES string of the molecule is C[C@@]1(n2ncc3c(Nc4ncc(C(F)(F)F)c(NC5CC5)n4)cccc32)CCOC1=O. The molecule has 0 radical (unpaired) electrons. The van der Waals surface area contributed by atoms with E-state index in [1.165, 1.54) is 0 Å². The molecule has 3 aromatic rings. The third kappa shape index (κ3) is 3.43. The number of hydrogen-bond donors (Lipinski definition) is 2. The van der Waals surface area contributed by atoms with Gasteiger partial charge in [0.25, 0.3) is 0 Å². The van der Waals surface area contributed by atoms with Crippen LogP contribution in [0.5, 0.6) is 0 Å². The molecule has 2 N–H and O–H groups in total. The fourth-order valence-electron chi connectivity index (χ4n) is 3.65. The number of halogens is 3. The number of rotatable bonds is 5. The molecule has 0 bridgehead atoms. The highest BCUT2D eigenvalue weighted by atomic mass is 19.4. The van der Waals surface area contributed by atoms with E-state index >= 15 is 0 Å². The van der Waals surface area contributed by atoms with Gasteiger partial charge in [-0.3, -0.25) is 0 Å². The molecule has 11 heteroatoms. The molecule has 2 fully saturated rings. The highest BCUT2D eigenvalue weighted by molar-refractivity contribution is 5.94. The van der Waals surface area contributed by atoms with Crippen molar-refractivity contribution in [1.82, 2.24) is 19.7 Å². The van der Waals surface area contributed by atoms with E-state index in [1.54, 1.807) is 29.9 Å². The molecule has 162 valence electrons. The summed E-state index contributed by atoms with van der Waals surface area (Å²) in [6.45, 7) is 2.09. The lowest BCUT2D eigenvalue weighted by Crippen LogP contribution is -2.35. The Morgan fingerprint density at radius 1 is 1.26 bits per heavy atom. The number of nitrogens with one attached hydrogen (secondary N) is 2. The standard InChI is InChI=1S/C20H19F3N6O2/c1-19(7-8-31-17(19)30)29-15-4-2-3-14(12(15)9-25-29)27-18-24-10-13(20(21,22)23)16(28-18)26-11-5-6-11/h2-4,9-11H,5-8H2,1H3,(H2,24,26,27,28)/t19-/m1/s1. The number of alkyl halides is 3. The van der Waals surface area contributed by atoms with Gasteiger partial charge in [0, 0.05) is 24.0 Å². The first kappa shape index (κ1) is 19.6. The fraction of sp³-hybridized carbons (Fsp3) is 0.400. The maximum atomic E-state index is 13.3. The van der Waals surface area contributed by atoms with E-state index in [2.05, 4.69) is 25.7 Å². The predicted molar refractivity (Wildman–Crippen MR) is 106 cm³/mol. The van der Waals surface area contributed by atoms with Gasteiger partial charge in [-0.15, -0.1) is 0 Å². The summed E-state index contributed by atoms with van der Waals surface area (Å²) in [5.41, 5.74) is -0.555. The highest BCUT2D eigenvalue weighted by Crippen LogP contribution is 2.37. The summed E-state index contributed by atoms with van der Waals surface area (Å²) >= 11 is 0. The predicted octanol–water partition coefficient (Wildman–Crippen LogP) is 3.83. The molecule has 0 amide bonds. The fourth-order valence-corrected chi connectivity index (χ4v) is 3.65. The number of nitrogens with zero attached hydrogens (tertiary/aromatic N) is 4. The van der Waals surface area contributed by atoms with E-state index in [-0.39, 0.29) is 23.8 Å². The lowest BCUT2D eigenvalue weighted by atomic mass is 10.0. The van der Waals surface area contributed by atoms with Gasteiger partial charge in [0.2, 0.25) is 5.95 Å². The lowest BCUT2D eigenvalue weighted by Gasteiger charge is -2.20. The first-order valence-corrected chi connectivity index (χ1v) is 9.88. The zero-order valence-electron chi connectivity index (χ0n) is 16.5. The molecule has 0 spiro atoms. The Labute approximate surface area is 174 Å². The van der Waals surface area contributed by atoms with E-state index in [1.807, 2.05) is 6.07 Å². The number of hydrogen-bond acceptors (Lipinski definition) is 7. The third-order valence-corrected chi connectivity index (χ3v) is 5.60. The van der Waals surface area contributed by atoms with Crippen LogP contribution >= 0.6 is 0 Å². The molecule has 1 saturated heterocycles. The Balaban J connectivity index is 1.50. The van der Waals surface area contributed by atoms with Crippen LogP contribution in [-0.2, 0) is 21.2 Å². The zero-order chi connectivity index (χ0) is 21.8. The molecule has 1 aliphatic heterocycles. The molecule has 31 heavy (non-hydrogen) atoms. The number of carbonyl (C=O) groups excluding carboxylic acids is 1. The Bertz CT molecular complexity index is 1170. The minimum Gasteiger partial charge on any atom is -0.464 e. The van der Waals surface area contributed by atoms with Crippen LogP contribution in [0.2, 0.25) is 0 Å². The average molecular weight is 432 g/mol. The largest absolute Gasteiger partial charge is 0.464 e. The van der Waals surface area contributed by atoms with E-state index < -0.39 is 17.3 Å². The van der Waals surface area contributed by atoms with Gasteiger partial charge in [-0.05, 0) is 31.9 Å². The molecule has 1 atom stereocenters. The third-order valence-electron chi connectivity index (χ3n) is 5.60. The van der Waals surface area contributed by atoms with E-state index in [0.717, 1.165) is 19.0 Å². The summed E-state index contributed by atoms with van der Waals surface area (Å²) in [5, 5.41) is 10.9. The second-order valence-electron chi connectivity index (χ2n) is 7.95. The van der Waals surface area contributed by atoms with Crippen molar-refractivity contribution in [2.24, 2.45) is 0 Å². The number of cyclic esters (lactones) is 1. The second kappa shape index (κ2) is 6.82. The number of esters is 1. The molecule has 0 unspecified atom stereocenters. The van der Waals surface area contributed by atoms with Crippen LogP contribution in [0.1, 0.15) is 31.7 Å². The van der Waals surface area contributed by atoms with Crippen LogP contribution < -0.4 is 10.6 Å². The molecule has 2 aliphatic rings. The van der Waals surface area contributed by atoms with Crippen LogP contribution in [0, 0.1) is 0 Å². The molecule has 1 aliphatic carbocycles. The summed E-state index contributed by atoms with van der Waals surface area (Å²) in [6.07, 6.45) is -0.0601. The van der Waals surface area contributed by atoms with Crippen LogP contribution in [0.3, 0.4) is 0 Å².